The number of hydrogen-bond donors (Lipinski definition) is 1. The van der Waals surface area contributed by atoms with E-state index in [0.29, 0.717) is 18.2 Å². The van der Waals surface area contributed by atoms with Crippen LogP contribution in [0.2, 0.25) is 0 Å². The fourth-order valence-corrected chi connectivity index (χ4v) is 3.70. The molecule has 0 aliphatic carbocycles. The van der Waals surface area contributed by atoms with E-state index in [1.807, 2.05) is 0 Å². The van der Waals surface area contributed by atoms with E-state index in [1.165, 1.54) is 0 Å². The van der Waals surface area contributed by atoms with Crippen LogP contribution in [0.5, 0.6) is 0 Å². The first kappa shape index (κ1) is 22.0. The first-order valence-corrected chi connectivity index (χ1v) is 8.70. The number of carbonyl (C=O) groups is 1. The molecule has 4 nitrogen and oxygen atoms in total. The highest BCUT2D eigenvalue weighted by Gasteiger charge is 2.52. The molecule has 2 atom stereocenters. The van der Waals surface area contributed by atoms with E-state index in [2.05, 4.69) is 4.98 Å². The van der Waals surface area contributed by atoms with Gasteiger partial charge in [-0.25, -0.2) is 4.39 Å². The molecular formula is C19H15F7N2O2. The maximum Gasteiger partial charge on any atom is 0.419 e. The molecule has 1 aliphatic rings. The van der Waals surface area contributed by atoms with Gasteiger partial charge in [0, 0.05) is 12.8 Å². The molecule has 0 spiro atoms. The molecule has 2 N–H and O–H groups in total. The smallest absolute Gasteiger partial charge is 0.367 e. The summed E-state index contributed by atoms with van der Waals surface area (Å²) in [5.74, 6) is -4.50. The van der Waals surface area contributed by atoms with Gasteiger partial charge in [0.25, 0.3) is 5.91 Å². The number of ether oxygens (including phenoxy) is 1. The van der Waals surface area contributed by atoms with E-state index in [4.69, 9.17) is 10.5 Å². The molecule has 30 heavy (non-hydrogen) atoms. The molecule has 2 heterocycles. The Bertz CT molecular complexity index is 951. The van der Waals surface area contributed by atoms with Crippen LogP contribution in [0.15, 0.2) is 36.5 Å². The Labute approximate surface area is 165 Å². The third kappa shape index (κ3) is 3.85. The average Bonchev–Trinajstić information content (AvgIpc) is 3.11. The molecule has 1 fully saturated rings. The van der Waals surface area contributed by atoms with E-state index in [1.54, 1.807) is 0 Å². The van der Waals surface area contributed by atoms with Crippen molar-refractivity contribution in [2.24, 2.45) is 5.73 Å². The highest BCUT2D eigenvalue weighted by Crippen LogP contribution is 2.47. The number of nitrogens with zero attached hydrogens (tertiary/aromatic N) is 1. The molecule has 1 aliphatic heterocycles. The van der Waals surface area contributed by atoms with Crippen LogP contribution in [-0.2, 0) is 21.9 Å². The number of aromatic nitrogens is 1. The lowest BCUT2D eigenvalue weighted by Crippen LogP contribution is -2.49. The number of hydrogen-bond acceptors (Lipinski definition) is 3. The lowest BCUT2D eigenvalue weighted by Gasteiger charge is -2.35. The van der Waals surface area contributed by atoms with Crippen LogP contribution in [0.3, 0.4) is 0 Å². The van der Waals surface area contributed by atoms with Gasteiger partial charge in [-0.3, -0.25) is 9.78 Å². The molecule has 2 aromatic rings. The number of nitrogens with two attached hydrogens (primary N) is 1. The second kappa shape index (κ2) is 7.53. The normalized spacial score (nSPS) is 20.9. The minimum atomic E-state index is -5.01. The molecule has 0 saturated carbocycles. The van der Waals surface area contributed by atoms with Crippen molar-refractivity contribution in [3.05, 3.63) is 64.7 Å². The topological polar surface area (TPSA) is 65.2 Å². The highest BCUT2D eigenvalue weighted by atomic mass is 19.4. The Morgan fingerprint density at radius 1 is 1.10 bits per heavy atom. The predicted molar refractivity (Wildman–Crippen MR) is 89.6 cm³/mol. The van der Waals surface area contributed by atoms with Crippen molar-refractivity contribution in [1.29, 1.82) is 0 Å². The van der Waals surface area contributed by atoms with Crippen LogP contribution in [-0.4, -0.2) is 23.1 Å². The van der Waals surface area contributed by atoms with Gasteiger partial charge in [0.1, 0.15) is 5.82 Å². The summed E-state index contributed by atoms with van der Waals surface area (Å²) in [6.07, 6.45) is -8.73. The number of amides is 1. The molecule has 162 valence electrons. The third-order valence-electron chi connectivity index (χ3n) is 4.98. The molecule has 1 amide bonds. The summed E-state index contributed by atoms with van der Waals surface area (Å²) in [6.45, 7) is -0.0171. The van der Waals surface area contributed by atoms with Crippen LogP contribution >= 0.6 is 0 Å². The molecule has 1 saturated heterocycles. The Hall–Kier alpha value is -2.69. The zero-order chi connectivity index (χ0) is 22.3. The number of primary amides is 1. The van der Waals surface area contributed by atoms with E-state index in [-0.39, 0.29) is 25.0 Å². The maximum absolute atomic E-state index is 14.2. The Morgan fingerprint density at radius 2 is 1.77 bits per heavy atom. The Balaban J connectivity index is 2.29. The number of carbonyl (C=O) groups excluding carboxylic acids is 1. The van der Waals surface area contributed by atoms with Crippen molar-refractivity contribution in [2.75, 3.05) is 6.61 Å². The summed E-state index contributed by atoms with van der Waals surface area (Å²) < 4.78 is 99.3. The third-order valence-corrected chi connectivity index (χ3v) is 4.98. The van der Waals surface area contributed by atoms with Crippen LogP contribution in [0.1, 0.15) is 41.1 Å². The van der Waals surface area contributed by atoms with Crippen molar-refractivity contribution >= 4 is 5.91 Å². The average molecular weight is 436 g/mol. The van der Waals surface area contributed by atoms with Gasteiger partial charge in [-0.15, -0.1) is 0 Å². The molecule has 3 rings (SSSR count). The Kier molecular flexibility index (Phi) is 5.52. The van der Waals surface area contributed by atoms with Gasteiger partial charge < -0.3 is 10.5 Å². The molecule has 1 aromatic heterocycles. The summed E-state index contributed by atoms with van der Waals surface area (Å²) in [5.41, 5.74) is -0.427. The summed E-state index contributed by atoms with van der Waals surface area (Å²) in [5, 5.41) is 0. The largest absolute Gasteiger partial charge is 0.419 e. The molecule has 1 unspecified atom stereocenters. The standard InChI is InChI=1S/C19H15F7N2O2/c20-13-9-10(4-5-11(13)18(21,22)23)14(17(16(27)29)6-2-8-30-17)15-12(19(24,25)26)3-1-7-28-15/h1,3-5,7,9,14H,2,6,8H2,(H2,27,29)/t14-,17?/m0/s1. The summed E-state index contributed by atoms with van der Waals surface area (Å²) in [7, 11) is 0. The fourth-order valence-electron chi connectivity index (χ4n) is 3.70. The first-order valence-electron chi connectivity index (χ1n) is 8.70. The van der Waals surface area contributed by atoms with Gasteiger partial charge in [-0.1, -0.05) is 6.07 Å². The number of rotatable bonds is 4. The number of alkyl halides is 6. The van der Waals surface area contributed by atoms with Crippen molar-refractivity contribution in [3.63, 3.8) is 0 Å². The quantitative estimate of drug-likeness (QED) is 0.722. The summed E-state index contributed by atoms with van der Waals surface area (Å²) >= 11 is 0. The second-order valence-electron chi connectivity index (χ2n) is 6.81. The zero-order valence-corrected chi connectivity index (χ0v) is 15.1. The van der Waals surface area contributed by atoms with Gasteiger partial charge >= 0.3 is 12.4 Å². The van der Waals surface area contributed by atoms with Crippen molar-refractivity contribution in [1.82, 2.24) is 4.98 Å². The van der Waals surface area contributed by atoms with Crippen LogP contribution < -0.4 is 5.73 Å². The lowest BCUT2D eigenvalue weighted by atomic mass is 9.75. The van der Waals surface area contributed by atoms with Gasteiger partial charge in [0.2, 0.25) is 0 Å². The minimum Gasteiger partial charge on any atom is -0.367 e. The SMILES string of the molecule is NC(=O)C1([C@@H](c2ccc(C(F)(F)F)c(F)c2)c2ncccc2C(F)(F)F)CCCO1. The number of pyridine rings is 1. The van der Waals surface area contributed by atoms with Crippen LogP contribution in [0.4, 0.5) is 30.7 Å². The predicted octanol–water partition coefficient (Wildman–Crippen LogP) is 4.42. The maximum atomic E-state index is 14.2. The molecule has 0 radical (unpaired) electrons. The molecule has 0 bridgehead atoms. The lowest BCUT2D eigenvalue weighted by molar-refractivity contribution is -0.144. The number of benzene rings is 1. The van der Waals surface area contributed by atoms with E-state index in [0.717, 1.165) is 18.3 Å². The summed E-state index contributed by atoms with van der Waals surface area (Å²) in [4.78, 5) is 16.0. The van der Waals surface area contributed by atoms with Crippen molar-refractivity contribution in [3.8, 4) is 0 Å². The first-order chi connectivity index (χ1) is 13.9. The van der Waals surface area contributed by atoms with Gasteiger partial charge in [-0.2, -0.15) is 26.3 Å². The zero-order valence-electron chi connectivity index (χ0n) is 15.1. The van der Waals surface area contributed by atoms with Crippen LogP contribution in [0, 0.1) is 5.82 Å². The fraction of sp³-hybridized carbons (Fsp3) is 0.368. The van der Waals surface area contributed by atoms with E-state index < -0.39 is 52.4 Å². The van der Waals surface area contributed by atoms with Gasteiger partial charge in [-0.05, 0) is 42.7 Å². The van der Waals surface area contributed by atoms with Gasteiger partial charge in [0.05, 0.1) is 22.7 Å². The van der Waals surface area contributed by atoms with E-state index in [9.17, 15) is 35.5 Å². The minimum absolute atomic E-state index is 0.0171. The molecular weight excluding hydrogens is 421 g/mol. The summed E-state index contributed by atoms with van der Waals surface area (Å²) in [6, 6.07) is 3.37. The second-order valence-corrected chi connectivity index (χ2v) is 6.81. The van der Waals surface area contributed by atoms with E-state index >= 15 is 0 Å². The molecule has 11 heteroatoms. The molecule has 1 aromatic carbocycles. The van der Waals surface area contributed by atoms with Crippen molar-refractivity contribution in [2.45, 2.75) is 36.7 Å². The highest BCUT2D eigenvalue weighted by molar-refractivity contribution is 5.86. The van der Waals surface area contributed by atoms with Gasteiger partial charge in [0.15, 0.2) is 5.60 Å². The van der Waals surface area contributed by atoms with Crippen molar-refractivity contribution < 1.29 is 40.3 Å². The monoisotopic (exact) mass is 436 g/mol. The number of halogens is 7. The van der Waals surface area contributed by atoms with Crippen LogP contribution in [0.25, 0.3) is 0 Å². The Morgan fingerprint density at radius 3 is 2.27 bits per heavy atom.